The molecule has 1 N–H and O–H groups in total. The van der Waals surface area contributed by atoms with Crippen molar-refractivity contribution >= 4 is 21.7 Å². The normalized spacial score (nSPS) is 17.6. The summed E-state index contributed by atoms with van der Waals surface area (Å²) in [5.74, 6) is 3.10. The van der Waals surface area contributed by atoms with Gasteiger partial charge < -0.3 is 5.32 Å². The van der Waals surface area contributed by atoms with Crippen molar-refractivity contribution in [3.63, 3.8) is 0 Å². The van der Waals surface area contributed by atoms with Gasteiger partial charge in [0.1, 0.15) is 16.2 Å². The highest BCUT2D eigenvalue weighted by molar-refractivity contribution is 9.10. The van der Waals surface area contributed by atoms with E-state index in [0.717, 1.165) is 16.2 Å². The lowest BCUT2D eigenvalue weighted by Crippen LogP contribution is -2.22. The van der Waals surface area contributed by atoms with E-state index < -0.39 is 0 Å². The largest absolute Gasteiger partial charge is 0.367 e. The number of anilines is 1. The second-order valence-corrected chi connectivity index (χ2v) is 5.70. The standard InChI is InChI=1S/C12H18BrN3/c1-7(2)8(3)14-11-6-10(13)15-12(16-11)9-4-5-9/h6-9H,4-5H2,1-3H3,(H,14,15,16). The van der Waals surface area contributed by atoms with Crippen molar-refractivity contribution in [2.45, 2.75) is 45.6 Å². The van der Waals surface area contributed by atoms with Gasteiger partial charge in [-0.25, -0.2) is 9.97 Å². The molecule has 88 valence electrons. The van der Waals surface area contributed by atoms with Crippen LogP contribution in [0.3, 0.4) is 0 Å². The Hall–Kier alpha value is -0.640. The number of aromatic nitrogens is 2. The van der Waals surface area contributed by atoms with Crippen LogP contribution in [0, 0.1) is 5.92 Å². The minimum atomic E-state index is 0.425. The lowest BCUT2D eigenvalue weighted by atomic mass is 10.1. The number of nitrogens with zero attached hydrogens (tertiary/aromatic N) is 2. The fourth-order valence-electron chi connectivity index (χ4n) is 1.43. The molecule has 0 saturated heterocycles. The van der Waals surface area contributed by atoms with Crippen molar-refractivity contribution in [3.05, 3.63) is 16.5 Å². The van der Waals surface area contributed by atoms with Crippen LogP contribution in [-0.4, -0.2) is 16.0 Å². The Morgan fingerprint density at radius 1 is 1.31 bits per heavy atom. The van der Waals surface area contributed by atoms with Gasteiger partial charge in [-0.15, -0.1) is 0 Å². The summed E-state index contributed by atoms with van der Waals surface area (Å²) < 4.78 is 0.878. The molecule has 1 saturated carbocycles. The Balaban J connectivity index is 2.13. The number of hydrogen-bond acceptors (Lipinski definition) is 3. The van der Waals surface area contributed by atoms with Crippen LogP contribution in [0.1, 0.15) is 45.4 Å². The van der Waals surface area contributed by atoms with Crippen LogP contribution in [0.2, 0.25) is 0 Å². The molecule has 1 aromatic rings. The van der Waals surface area contributed by atoms with E-state index in [1.165, 1.54) is 12.8 Å². The SMILES string of the molecule is CC(C)C(C)Nc1cc(Br)nc(C2CC2)n1. The molecule has 1 aliphatic rings. The van der Waals surface area contributed by atoms with Gasteiger partial charge in [0.2, 0.25) is 0 Å². The molecule has 1 atom stereocenters. The van der Waals surface area contributed by atoms with E-state index in [1.807, 2.05) is 6.07 Å². The Morgan fingerprint density at radius 2 is 2.00 bits per heavy atom. The molecular weight excluding hydrogens is 266 g/mol. The van der Waals surface area contributed by atoms with Crippen molar-refractivity contribution in [3.8, 4) is 0 Å². The van der Waals surface area contributed by atoms with Gasteiger partial charge in [0, 0.05) is 18.0 Å². The third kappa shape index (κ3) is 2.94. The van der Waals surface area contributed by atoms with Crippen LogP contribution in [0.15, 0.2) is 10.7 Å². The van der Waals surface area contributed by atoms with Gasteiger partial charge in [-0.1, -0.05) is 13.8 Å². The van der Waals surface area contributed by atoms with Crippen molar-refractivity contribution < 1.29 is 0 Å². The monoisotopic (exact) mass is 283 g/mol. The van der Waals surface area contributed by atoms with Gasteiger partial charge in [-0.2, -0.15) is 0 Å². The van der Waals surface area contributed by atoms with E-state index in [4.69, 9.17) is 0 Å². The minimum Gasteiger partial charge on any atom is -0.367 e. The van der Waals surface area contributed by atoms with Crippen LogP contribution >= 0.6 is 15.9 Å². The van der Waals surface area contributed by atoms with E-state index in [-0.39, 0.29) is 0 Å². The van der Waals surface area contributed by atoms with Gasteiger partial charge in [-0.05, 0) is 41.6 Å². The topological polar surface area (TPSA) is 37.8 Å². The second-order valence-electron chi connectivity index (χ2n) is 4.89. The lowest BCUT2D eigenvalue weighted by Gasteiger charge is -2.18. The Bertz CT molecular complexity index is 375. The summed E-state index contributed by atoms with van der Waals surface area (Å²) in [6.45, 7) is 6.59. The molecule has 0 bridgehead atoms. The molecule has 0 amide bonds. The van der Waals surface area contributed by atoms with Crippen molar-refractivity contribution in [1.29, 1.82) is 0 Å². The molecule has 4 heteroatoms. The van der Waals surface area contributed by atoms with Gasteiger partial charge in [-0.3, -0.25) is 0 Å². The lowest BCUT2D eigenvalue weighted by molar-refractivity contribution is 0.557. The zero-order valence-electron chi connectivity index (χ0n) is 10.00. The van der Waals surface area contributed by atoms with Crippen LogP contribution in [-0.2, 0) is 0 Å². The van der Waals surface area contributed by atoms with Crippen molar-refractivity contribution in [2.24, 2.45) is 5.92 Å². The maximum absolute atomic E-state index is 4.57. The van der Waals surface area contributed by atoms with Crippen LogP contribution in [0.4, 0.5) is 5.82 Å². The molecule has 0 aromatic carbocycles. The summed E-state index contributed by atoms with van der Waals surface area (Å²) in [6.07, 6.45) is 2.46. The molecular formula is C12H18BrN3. The minimum absolute atomic E-state index is 0.425. The predicted molar refractivity (Wildman–Crippen MR) is 69.6 cm³/mol. The molecule has 0 radical (unpaired) electrons. The molecule has 1 aromatic heterocycles. The first-order valence-electron chi connectivity index (χ1n) is 5.87. The highest BCUT2D eigenvalue weighted by atomic mass is 79.9. The smallest absolute Gasteiger partial charge is 0.135 e. The first kappa shape index (κ1) is 11.8. The van der Waals surface area contributed by atoms with Gasteiger partial charge >= 0.3 is 0 Å². The number of rotatable bonds is 4. The zero-order chi connectivity index (χ0) is 11.7. The maximum Gasteiger partial charge on any atom is 0.135 e. The van der Waals surface area contributed by atoms with Crippen molar-refractivity contribution in [2.75, 3.05) is 5.32 Å². The fourth-order valence-corrected chi connectivity index (χ4v) is 1.83. The van der Waals surface area contributed by atoms with Crippen LogP contribution in [0.25, 0.3) is 0 Å². The zero-order valence-corrected chi connectivity index (χ0v) is 11.6. The molecule has 1 unspecified atom stereocenters. The van der Waals surface area contributed by atoms with E-state index >= 15 is 0 Å². The Kier molecular flexibility index (Phi) is 3.47. The van der Waals surface area contributed by atoms with Gasteiger partial charge in [0.25, 0.3) is 0 Å². The summed E-state index contributed by atoms with van der Waals surface area (Å²) in [5, 5.41) is 3.42. The summed E-state index contributed by atoms with van der Waals surface area (Å²) in [7, 11) is 0. The Morgan fingerprint density at radius 3 is 2.56 bits per heavy atom. The van der Waals surface area contributed by atoms with Crippen molar-refractivity contribution in [1.82, 2.24) is 9.97 Å². The number of halogens is 1. The highest BCUT2D eigenvalue weighted by Gasteiger charge is 2.27. The molecule has 0 aliphatic heterocycles. The maximum atomic E-state index is 4.57. The van der Waals surface area contributed by atoms with E-state index in [2.05, 4.69) is 52.0 Å². The molecule has 0 spiro atoms. The van der Waals surface area contributed by atoms with Gasteiger partial charge in [0.15, 0.2) is 0 Å². The predicted octanol–water partition coefficient (Wildman–Crippen LogP) is 3.57. The summed E-state index contributed by atoms with van der Waals surface area (Å²) in [6, 6.07) is 2.37. The van der Waals surface area contributed by atoms with Crippen LogP contribution in [0.5, 0.6) is 0 Å². The molecule has 16 heavy (non-hydrogen) atoms. The quantitative estimate of drug-likeness (QED) is 0.859. The molecule has 1 heterocycles. The number of hydrogen-bond donors (Lipinski definition) is 1. The third-order valence-electron chi connectivity index (χ3n) is 3.03. The average molecular weight is 284 g/mol. The number of nitrogens with one attached hydrogen (secondary N) is 1. The third-order valence-corrected chi connectivity index (χ3v) is 3.44. The molecule has 1 aliphatic carbocycles. The summed E-state index contributed by atoms with van der Waals surface area (Å²) in [4.78, 5) is 8.98. The highest BCUT2D eigenvalue weighted by Crippen LogP contribution is 2.38. The van der Waals surface area contributed by atoms with Gasteiger partial charge in [0.05, 0.1) is 0 Å². The second kappa shape index (κ2) is 4.70. The van der Waals surface area contributed by atoms with E-state index in [1.54, 1.807) is 0 Å². The first-order chi connectivity index (χ1) is 7.56. The summed E-state index contributed by atoms with van der Waals surface area (Å²) in [5.41, 5.74) is 0. The fraction of sp³-hybridized carbons (Fsp3) is 0.667. The first-order valence-corrected chi connectivity index (χ1v) is 6.66. The molecule has 2 rings (SSSR count). The average Bonchev–Trinajstić information content (AvgIpc) is 2.99. The summed E-state index contributed by atoms with van der Waals surface area (Å²) >= 11 is 3.44. The Labute approximate surface area is 105 Å². The van der Waals surface area contributed by atoms with E-state index in [9.17, 15) is 0 Å². The molecule has 1 fully saturated rings. The van der Waals surface area contributed by atoms with E-state index in [0.29, 0.717) is 17.9 Å². The molecule has 3 nitrogen and oxygen atoms in total. The van der Waals surface area contributed by atoms with Crippen LogP contribution < -0.4 is 5.32 Å².